The van der Waals surface area contributed by atoms with Crippen molar-refractivity contribution in [3.05, 3.63) is 16.3 Å². The van der Waals surface area contributed by atoms with Crippen LogP contribution in [-0.4, -0.2) is 44.7 Å². The summed E-state index contributed by atoms with van der Waals surface area (Å²) in [6.07, 6.45) is 0.499. The lowest BCUT2D eigenvalue weighted by molar-refractivity contribution is -0.384. The van der Waals surface area contributed by atoms with E-state index in [2.05, 4.69) is 25.9 Å². The average Bonchev–Trinajstić information content (AvgIpc) is 2.35. The summed E-state index contributed by atoms with van der Waals surface area (Å²) in [4.78, 5) is 28.7. The van der Waals surface area contributed by atoms with E-state index < -0.39 is 11.0 Å². The lowest BCUT2D eigenvalue weighted by Crippen LogP contribution is -2.27. The van der Waals surface area contributed by atoms with Crippen LogP contribution in [0.1, 0.15) is 27.2 Å². The van der Waals surface area contributed by atoms with Gasteiger partial charge in [-0.15, -0.1) is 0 Å². The Morgan fingerprint density at radius 2 is 2.09 bits per heavy atom. The van der Waals surface area contributed by atoms with E-state index in [0.29, 0.717) is 13.0 Å². The molecule has 1 rings (SSSR count). The number of hydrogen-bond acceptors (Lipinski definition) is 7. The Kier molecular flexibility index (Phi) is 5.84. The molecule has 0 atom stereocenters. The van der Waals surface area contributed by atoms with E-state index in [0.717, 1.165) is 6.20 Å². The zero-order chi connectivity index (χ0) is 16.8. The highest BCUT2D eigenvalue weighted by Gasteiger charge is 2.19. The van der Waals surface area contributed by atoms with E-state index in [1.165, 1.54) is 0 Å². The van der Waals surface area contributed by atoms with Gasteiger partial charge in [-0.25, -0.2) is 9.78 Å². The standard InChI is InChI=1S/C12H20N6O4/c1-12(2,3)17-10-15-7-8(18(21)22)9(16-10)13-5-4-6-14-11(19)20/h7,14H,4-6H2,1-3H3,(H,19,20)(H2,13,15,16,17). The maximum absolute atomic E-state index is 11.0. The van der Waals surface area contributed by atoms with E-state index in [1.807, 2.05) is 20.8 Å². The molecule has 0 radical (unpaired) electrons. The number of amides is 1. The van der Waals surface area contributed by atoms with Crippen LogP contribution in [0.2, 0.25) is 0 Å². The molecule has 0 saturated carbocycles. The van der Waals surface area contributed by atoms with Gasteiger partial charge in [0.2, 0.25) is 11.8 Å². The minimum atomic E-state index is -1.11. The van der Waals surface area contributed by atoms with Gasteiger partial charge in [0, 0.05) is 18.6 Å². The van der Waals surface area contributed by atoms with E-state index in [1.54, 1.807) is 0 Å². The van der Waals surface area contributed by atoms with Crippen LogP contribution < -0.4 is 16.0 Å². The first-order valence-corrected chi connectivity index (χ1v) is 6.69. The van der Waals surface area contributed by atoms with Gasteiger partial charge < -0.3 is 21.1 Å². The molecule has 0 aliphatic carbocycles. The van der Waals surface area contributed by atoms with Crippen molar-refractivity contribution in [2.45, 2.75) is 32.7 Å². The van der Waals surface area contributed by atoms with E-state index in [4.69, 9.17) is 5.11 Å². The van der Waals surface area contributed by atoms with Crippen LogP contribution >= 0.6 is 0 Å². The fourth-order valence-electron chi connectivity index (χ4n) is 1.53. The van der Waals surface area contributed by atoms with Crippen LogP contribution in [0.15, 0.2) is 6.20 Å². The van der Waals surface area contributed by atoms with E-state index >= 15 is 0 Å². The lowest BCUT2D eigenvalue weighted by atomic mass is 10.1. The summed E-state index contributed by atoms with van der Waals surface area (Å²) in [6, 6.07) is 0. The molecule has 0 fully saturated rings. The van der Waals surface area contributed by atoms with Crippen molar-refractivity contribution in [2.24, 2.45) is 0 Å². The summed E-state index contributed by atoms with van der Waals surface area (Å²) in [5.41, 5.74) is -0.510. The molecular formula is C12H20N6O4. The molecule has 122 valence electrons. The third-order valence-corrected chi connectivity index (χ3v) is 2.38. The number of nitro groups is 1. The topological polar surface area (TPSA) is 142 Å². The molecule has 0 aliphatic rings. The second-order valence-electron chi connectivity index (χ2n) is 5.57. The Morgan fingerprint density at radius 3 is 2.64 bits per heavy atom. The fourth-order valence-corrected chi connectivity index (χ4v) is 1.53. The van der Waals surface area contributed by atoms with Crippen molar-refractivity contribution in [3.8, 4) is 0 Å². The Labute approximate surface area is 127 Å². The van der Waals surface area contributed by atoms with Gasteiger partial charge in [-0.2, -0.15) is 4.98 Å². The summed E-state index contributed by atoms with van der Waals surface area (Å²) in [5, 5.41) is 27.5. The largest absolute Gasteiger partial charge is 0.465 e. The lowest BCUT2D eigenvalue weighted by Gasteiger charge is -2.20. The second kappa shape index (κ2) is 7.38. The molecule has 1 heterocycles. The van der Waals surface area contributed by atoms with Gasteiger partial charge in [-0.3, -0.25) is 10.1 Å². The molecule has 1 aromatic heterocycles. The molecule has 1 aromatic rings. The number of nitrogens with one attached hydrogen (secondary N) is 3. The van der Waals surface area contributed by atoms with Crippen molar-refractivity contribution >= 4 is 23.5 Å². The minimum Gasteiger partial charge on any atom is -0.465 e. The number of nitrogens with zero attached hydrogens (tertiary/aromatic N) is 3. The van der Waals surface area contributed by atoms with Crippen LogP contribution in [0.25, 0.3) is 0 Å². The monoisotopic (exact) mass is 312 g/mol. The van der Waals surface area contributed by atoms with Gasteiger partial charge in [0.05, 0.1) is 4.92 Å². The SMILES string of the molecule is CC(C)(C)Nc1ncc([N+](=O)[O-])c(NCCCNC(=O)O)n1. The first-order valence-electron chi connectivity index (χ1n) is 6.69. The maximum atomic E-state index is 11.0. The van der Waals surface area contributed by atoms with Gasteiger partial charge in [-0.1, -0.05) is 0 Å². The van der Waals surface area contributed by atoms with E-state index in [-0.39, 0.29) is 29.5 Å². The minimum absolute atomic E-state index is 0.0991. The normalized spacial score (nSPS) is 10.9. The maximum Gasteiger partial charge on any atom is 0.404 e. The molecule has 0 aromatic carbocycles. The molecule has 0 saturated heterocycles. The number of aromatic nitrogens is 2. The van der Waals surface area contributed by atoms with Crippen molar-refractivity contribution in [2.75, 3.05) is 23.7 Å². The van der Waals surface area contributed by atoms with Gasteiger partial charge in [0.1, 0.15) is 6.20 Å². The average molecular weight is 312 g/mol. The first kappa shape index (κ1) is 17.4. The van der Waals surface area contributed by atoms with Crippen molar-refractivity contribution < 1.29 is 14.8 Å². The van der Waals surface area contributed by atoms with Crippen LogP contribution in [0.5, 0.6) is 0 Å². The van der Waals surface area contributed by atoms with Crippen molar-refractivity contribution in [1.29, 1.82) is 0 Å². The highest BCUT2D eigenvalue weighted by molar-refractivity contribution is 5.64. The van der Waals surface area contributed by atoms with Gasteiger partial charge in [-0.05, 0) is 27.2 Å². The first-order chi connectivity index (χ1) is 10.2. The fraction of sp³-hybridized carbons (Fsp3) is 0.583. The van der Waals surface area contributed by atoms with Crippen molar-refractivity contribution in [3.63, 3.8) is 0 Å². The summed E-state index contributed by atoms with van der Waals surface area (Å²) < 4.78 is 0. The number of hydrogen-bond donors (Lipinski definition) is 4. The zero-order valence-electron chi connectivity index (χ0n) is 12.7. The van der Waals surface area contributed by atoms with Crippen LogP contribution in [0, 0.1) is 10.1 Å². The van der Waals surface area contributed by atoms with Gasteiger partial charge in [0.15, 0.2) is 0 Å². The van der Waals surface area contributed by atoms with Crippen LogP contribution in [0.4, 0.5) is 22.2 Å². The second-order valence-corrected chi connectivity index (χ2v) is 5.57. The van der Waals surface area contributed by atoms with Crippen LogP contribution in [-0.2, 0) is 0 Å². The predicted molar refractivity (Wildman–Crippen MR) is 81.2 cm³/mol. The number of carboxylic acid groups (broad SMARTS) is 1. The third-order valence-electron chi connectivity index (χ3n) is 2.38. The molecule has 0 spiro atoms. The number of carbonyl (C=O) groups is 1. The van der Waals surface area contributed by atoms with E-state index in [9.17, 15) is 14.9 Å². The van der Waals surface area contributed by atoms with Crippen LogP contribution in [0.3, 0.4) is 0 Å². The molecule has 0 bridgehead atoms. The smallest absolute Gasteiger partial charge is 0.404 e. The molecule has 0 unspecified atom stereocenters. The highest BCUT2D eigenvalue weighted by atomic mass is 16.6. The summed E-state index contributed by atoms with van der Waals surface area (Å²) >= 11 is 0. The molecule has 1 amide bonds. The molecule has 22 heavy (non-hydrogen) atoms. The Hall–Kier alpha value is -2.65. The molecule has 10 nitrogen and oxygen atoms in total. The summed E-state index contributed by atoms with van der Waals surface area (Å²) in [7, 11) is 0. The Morgan fingerprint density at radius 1 is 1.41 bits per heavy atom. The van der Waals surface area contributed by atoms with Gasteiger partial charge in [0.25, 0.3) is 0 Å². The number of rotatable bonds is 7. The molecule has 10 heteroatoms. The number of anilines is 2. The molecular weight excluding hydrogens is 292 g/mol. The molecule has 4 N–H and O–H groups in total. The highest BCUT2D eigenvalue weighted by Crippen LogP contribution is 2.23. The molecule has 0 aliphatic heterocycles. The Balaban J connectivity index is 2.74. The summed E-state index contributed by atoms with van der Waals surface area (Å²) in [5.74, 6) is 0.381. The van der Waals surface area contributed by atoms with Gasteiger partial charge >= 0.3 is 11.8 Å². The van der Waals surface area contributed by atoms with Crippen molar-refractivity contribution in [1.82, 2.24) is 15.3 Å². The Bertz CT molecular complexity index is 543. The quantitative estimate of drug-likeness (QED) is 0.338. The predicted octanol–water partition coefficient (Wildman–Crippen LogP) is 1.66. The third kappa shape index (κ3) is 6.20. The summed E-state index contributed by atoms with van der Waals surface area (Å²) in [6.45, 7) is 6.34. The zero-order valence-corrected chi connectivity index (χ0v) is 12.7.